The van der Waals surface area contributed by atoms with Crippen LogP contribution in [0, 0.1) is 5.92 Å². The first kappa shape index (κ1) is 15.9. The van der Waals surface area contributed by atoms with E-state index < -0.39 is 5.79 Å². The summed E-state index contributed by atoms with van der Waals surface area (Å²) < 4.78 is 24.2. The third-order valence-corrected chi connectivity index (χ3v) is 4.52. The average molecular weight is 306 g/mol. The lowest BCUT2D eigenvalue weighted by atomic mass is 9.96. The van der Waals surface area contributed by atoms with Crippen molar-refractivity contribution in [3.63, 3.8) is 0 Å². The Bertz CT molecular complexity index is 487. The SMILES string of the molecule is CCC(C)[C@H]1O[C@@H]2OC(C)(C)O[C@H]2C1OCc1ccccc1. The molecule has 0 bridgehead atoms. The molecule has 2 unspecified atom stereocenters. The smallest absolute Gasteiger partial charge is 0.190 e. The molecule has 1 aromatic carbocycles. The van der Waals surface area contributed by atoms with Gasteiger partial charge < -0.3 is 18.9 Å². The lowest BCUT2D eigenvalue weighted by Crippen LogP contribution is -2.39. The molecule has 0 saturated carbocycles. The summed E-state index contributed by atoms with van der Waals surface area (Å²) in [5.41, 5.74) is 1.16. The van der Waals surface area contributed by atoms with Crippen LogP contribution in [0.15, 0.2) is 30.3 Å². The third kappa shape index (κ3) is 3.20. The monoisotopic (exact) mass is 306 g/mol. The van der Waals surface area contributed by atoms with Gasteiger partial charge in [0.1, 0.15) is 12.2 Å². The standard InChI is InChI=1S/C18H26O4/c1-5-12(2)14-15(19-11-13-9-7-6-8-10-13)16-17(20-14)22-18(3,4)21-16/h6-10,12,14-17H,5,11H2,1-4H3/t12?,14-,15?,16+,17-/m1/s1. The quantitative estimate of drug-likeness (QED) is 0.834. The predicted molar refractivity (Wildman–Crippen MR) is 83.2 cm³/mol. The molecule has 0 amide bonds. The molecule has 2 fully saturated rings. The van der Waals surface area contributed by atoms with Crippen LogP contribution in [0.4, 0.5) is 0 Å². The second-order valence-electron chi connectivity index (χ2n) is 6.72. The van der Waals surface area contributed by atoms with Crippen LogP contribution in [0.2, 0.25) is 0 Å². The van der Waals surface area contributed by atoms with Gasteiger partial charge >= 0.3 is 0 Å². The van der Waals surface area contributed by atoms with E-state index in [4.69, 9.17) is 18.9 Å². The Morgan fingerprint density at radius 3 is 2.59 bits per heavy atom. The molecule has 2 heterocycles. The summed E-state index contributed by atoms with van der Waals surface area (Å²) in [6.45, 7) is 8.76. The zero-order valence-corrected chi connectivity index (χ0v) is 13.8. The van der Waals surface area contributed by atoms with Crippen LogP contribution in [0.3, 0.4) is 0 Å². The second-order valence-corrected chi connectivity index (χ2v) is 6.72. The van der Waals surface area contributed by atoms with Crippen LogP contribution in [-0.4, -0.2) is 30.4 Å². The zero-order valence-electron chi connectivity index (χ0n) is 13.8. The minimum absolute atomic E-state index is 0.0137. The van der Waals surface area contributed by atoms with Gasteiger partial charge in [0.05, 0.1) is 12.7 Å². The van der Waals surface area contributed by atoms with Gasteiger partial charge in [0.25, 0.3) is 0 Å². The fourth-order valence-electron chi connectivity index (χ4n) is 3.15. The van der Waals surface area contributed by atoms with E-state index in [-0.39, 0.29) is 24.6 Å². The summed E-state index contributed by atoms with van der Waals surface area (Å²) in [4.78, 5) is 0. The second kappa shape index (κ2) is 6.28. The number of hydrogen-bond acceptors (Lipinski definition) is 4. The molecule has 4 heteroatoms. The van der Waals surface area contributed by atoms with Crippen molar-refractivity contribution in [2.24, 2.45) is 5.92 Å². The van der Waals surface area contributed by atoms with Gasteiger partial charge in [-0.25, -0.2) is 0 Å². The van der Waals surface area contributed by atoms with Gasteiger partial charge in [-0.3, -0.25) is 0 Å². The maximum atomic E-state index is 6.20. The molecule has 0 N–H and O–H groups in total. The molecule has 2 saturated heterocycles. The van der Waals surface area contributed by atoms with Crippen molar-refractivity contribution in [1.82, 2.24) is 0 Å². The Morgan fingerprint density at radius 2 is 1.91 bits per heavy atom. The minimum atomic E-state index is -0.607. The van der Waals surface area contributed by atoms with E-state index in [2.05, 4.69) is 26.0 Å². The van der Waals surface area contributed by atoms with Gasteiger partial charge in [0, 0.05) is 0 Å². The van der Waals surface area contributed by atoms with Crippen molar-refractivity contribution in [3.8, 4) is 0 Å². The predicted octanol–water partition coefficient (Wildman–Crippen LogP) is 3.49. The summed E-state index contributed by atoms with van der Waals surface area (Å²) in [5.74, 6) is -0.203. The molecule has 2 aliphatic rings. The lowest BCUT2D eigenvalue weighted by Gasteiger charge is -2.29. The van der Waals surface area contributed by atoms with Crippen molar-refractivity contribution in [1.29, 1.82) is 0 Å². The van der Waals surface area contributed by atoms with Gasteiger partial charge in [-0.15, -0.1) is 0 Å². The number of ether oxygens (including phenoxy) is 4. The Morgan fingerprint density at radius 1 is 1.18 bits per heavy atom. The van der Waals surface area contributed by atoms with Crippen LogP contribution in [-0.2, 0) is 25.6 Å². The van der Waals surface area contributed by atoms with E-state index >= 15 is 0 Å². The fraction of sp³-hybridized carbons (Fsp3) is 0.667. The highest BCUT2D eigenvalue weighted by molar-refractivity contribution is 5.13. The van der Waals surface area contributed by atoms with E-state index in [1.165, 1.54) is 0 Å². The summed E-state index contributed by atoms with van der Waals surface area (Å²) >= 11 is 0. The van der Waals surface area contributed by atoms with Gasteiger partial charge in [0.15, 0.2) is 12.1 Å². The normalized spacial score (nSPS) is 34.5. The summed E-state index contributed by atoms with van der Waals surface area (Å²) in [6, 6.07) is 10.2. The van der Waals surface area contributed by atoms with Crippen LogP contribution in [0.1, 0.15) is 39.7 Å². The third-order valence-electron chi connectivity index (χ3n) is 4.52. The van der Waals surface area contributed by atoms with Gasteiger partial charge in [0.2, 0.25) is 0 Å². The highest BCUT2D eigenvalue weighted by Crippen LogP contribution is 2.41. The van der Waals surface area contributed by atoms with Crippen molar-refractivity contribution >= 4 is 0 Å². The molecular weight excluding hydrogens is 280 g/mol. The van der Waals surface area contributed by atoms with Crippen LogP contribution >= 0.6 is 0 Å². The number of benzene rings is 1. The van der Waals surface area contributed by atoms with Crippen LogP contribution in [0.25, 0.3) is 0 Å². The van der Waals surface area contributed by atoms with E-state index in [0.717, 1.165) is 12.0 Å². The van der Waals surface area contributed by atoms with Crippen LogP contribution < -0.4 is 0 Å². The van der Waals surface area contributed by atoms with E-state index in [1.54, 1.807) is 0 Å². The fourth-order valence-corrected chi connectivity index (χ4v) is 3.15. The van der Waals surface area contributed by atoms with Crippen molar-refractivity contribution < 1.29 is 18.9 Å². The molecular formula is C18H26O4. The number of fused-ring (bicyclic) bond motifs is 1. The molecule has 0 aliphatic carbocycles. The Kier molecular flexibility index (Phi) is 4.55. The minimum Gasteiger partial charge on any atom is -0.368 e. The van der Waals surface area contributed by atoms with E-state index in [1.807, 2.05) is 32.0 Å². The van der Waals surface area contributed by atoms with Gasteiger partial charge in [-0.05, 0) is 25.3 Å². The van der Waals surface area contributed by atoms with Gasteiger partial charge in [-0.2, -0.15) is 0 Å². The number of hydrogen-bond donors (Lipinski definition) is 0. The Balaban J connectivity index is 1.71. The first-order chi connectivity index (χ1) is 10.5. The highest BCUT2D eigenvalue weighted by Gasteiger charge is 2.56. The summed E-state index contributed by atoms with van der Waals surface area (Å²) in [7, 11) is 0. The van der Waals surface area contributed by atoms with E-state index in [9.17, 15) is 0 Å². The van der Waals surface area contributed by atoms with Crippen molar-refractivity contribution in [3.05, 3.63) is 35.9 Å². The molecule has 5 atom stereocenters. The zero-order chi connectivity index (χ0) is 15.7. The molecule has 3 rings (SSSR count). The highest BCUT2D eigenvalue weighted by atomic mass is 16.8. The van der Waals surface area contributed by atoms with Crippen molar-refractivity contribution in [2.45, 2.75) is 71.1 Å². The van der Waals surface area contributed by atoms with E-state index in [0.29, 0.717) is 12.5 Å². The summed E-state index contributed by atoms with van der Waals surface area (Å²) in [6.07, 6.45) is 0.479. The Hall–Kier alpha value is -0.940. The molecule has 0 radical (unpaired) electrons. The molecule has 1 aromatic rings. The number of rotatable bonds is 5. The molecule has 0 spiro atoms. The average Bonchev–Trinajstić information content (AvgIpc) is 2.97. The topological polar surface area (TPSA) is 36.9 Å². The molecule has 4 nitrogen and oxygen atoms in total. The summed E-state index contributed by atoms with van der Waals surface area (Å²) in [5, 5.41) is 0. The molecule has 2 aliphatic heterocycles. The van der Waals surface area contributed by atoms with Gasteiger partial charge in [-0.1, -0.05) is 50.6 Å². The Labute approximate surface area is 132 Å². The molecule has 122 valence electrons. The van der Waals surface area contributed by atoms with Crippen LogP contribution in [0.5, 0.6) is 0 Å². The maximum Gasteiger partial charge on any atom is 0.190 e. The molecule has 0 aromatic heterocycles. The lowest BCUT2D eigenvalue weighted by molar-refractivity contribution is -0.224. The first-order valence-corrected chi connectivity index (χ1v) is 8.17. The van der Waals surface area contributed by atoms with Crippen molar-refractivity contribution in [2.75, 3.05) is 0 Å². The molecule has 22 heavy (non-hydrogen) atoms. The first-order valence-electron chi connectivity index (χ1n) is 8.17. The maximum absolute atomic E-state index is 6.20. The largest absolute Gasteiger partial charge is 0.368 e.